The molecule has 0 bridgehead atoms. The molecule has 0 saturated heterocycles. The number of hydrogen-bond donors (Lipinski definition) is 2. The second-order valence-corrected chi connectivity index (χ2v) is 4.89. The van der Waals surface area contributed by atoms with Crippen LogP contribution in [0.15, 0.2) is 30.3 Å². The van der Waals surface area contributed by atoms with E-state index in [1.54, 1.807) is 0 Å². The van der Waals surface area contributed by atoms with Crippen molar-refractivity contribution in [3.63, 3.8) is 0 Å². The zero-order valence-electron chi connectivity index (χ0n) is 10.6. The summed E-state index contributed by atoms with van der Waals surface area (Å²) in [6, 6.07) is 9.96. The highest BCUT2D eigenvalue weighted by Crippen LogP contribution is 2.08. The molecule has 3 nitrogen and oxygen atoms in total. The maximum Gasteiger partial charge on any atom is 0.220 e. The van der Waals surface area contributed by atoms with Crippen LogP contribution in [0.2, 0.25) is 0 Å². The van der Waals surface area contributed by atoms with E-state index in [-0.39, 0.29) is 18.1 Å². The fourth-order valence-electron chi connectivity index (χ4n) is 1.68. The summed E-state index contributed by atoms with van der Waals surface area (Å²) >= 11 is 0. The quantitative estimate of drug-likeness (QED) is 0.791. The molecule has 0 aliphatic rings. The molecule has 0 heterocycles. The average molecular weight is 235 g/mol. The van der Waals surface area contributed by atoms with Gasteiger partial charge in [-0.3, -0.25) is 4.79 Å². The van der Waals surface area contributed by atoms with E-state index in [1.807, 2.05) is 44.2 Å². The molecule has 0 saturated carbocycles. The largest absolute Gasteiger partial charge is 0.396 e. The van der Waals surface area contributed by atoms with Crippen molar-refractivity contribution in [2.45, 2.75) is 38.6 Å². The summed E-state index contributed by atoms with van der Waals surface area (Å²) < 4.78 is 0. The van der Waals surface area contributed by atoms with E-state index in [1.165, 1.54) is 5.56 Å². The predicted molar refractivity (Wildman–Crippen MR) is 68.7 cm³/mol. The van der Waals surface area contributed by atoms with Crippen molar-refractivity contribution in [2.24, 2.45) is 0 Å². The lowest BCUT2D eigenvalue weighted by molar-refractivity contribution is -0.122. The number of hydrogen-bond acceptors (Lipinski definition) is 2. The SMILES string of the molecule is CC(C)(CCO)NC(=O)CCc1ccccc1. The fourth-order valence-corrected chi connectivity index (χ4v) is 1.68. The predicted octanol–water partition coefficient (Wildman–Crippen LogP) is 1.90. The van der Waals surface area contributed by atoms with Gasteiger partial charge in [-0.25, -0.2) is 0 Å². The molecule has 0 atom stereocenters. The molecular formula is C14H21NO2. The molecule has 0 aromatic heterocycles. The van der Waals surface area contributed by atoms with Gasteiger partial charge >= 0.3 is 0 Å². The molecule has 1 aromatic carbocycles. The van der Waals surface area contributed by atoms with Gasteiger partial charge in [0.05, 0.1) is 0 Å². The Morgan fingerprint density at radius 3 is 2.53 bits per heavy atom. The van der Waals surface area contributed by atoms with Crippen molar-refractivity contribution in [1.82, 2.24) is 5.32 Å². The number of rotatable bonds is 6. The Labute approximate surface area is 103 Å². The molecule has 94 valence electrons. The Morgan fingerprint density at radius 1 is 1.29 bits per heavy atom. The van der Waals surface area contributed by atoms with Gasteiger partial charge in [0.2, 0.25) is 5.91 Å². The van der Waals surface area contributed by atoms with Gasteiger partial charge in [-0.1, -0.05) is 30.3 Å². The van der Waals surface area contributed by atoms with Gasteiger partial charge < -0.3 is 10.4 Å². The van der Waals surface area contributed by atoms with Crippen LogP contribution in [0.1, 0.15) is 32.3 Å². The maximum atomic E-state index is 11.7. The number of aliphatic hydroxyl groups is 1. The van der Waals surface area contributed by atoms with E-state index in [9.17, 15) is 4.79 Å². The summed E-state index contributed by atoms with van der Waals surface area (Å²) in [5, 5.41) is 11.8. The minimum Gasteiger partial charge on any atom is -0.396 e. The lowest BCUT2D eigenvalue weighted by Gasteiger charge is -2.25. The number of nitrogens with one attached hydrogen (secondary N) is 1. The number of aryl methyl sites for hydroxylation is 1. The second-order valence-electron chi connectivity index (χ2n) is 4.89. The van der Waals surface area contributed by atoms with E-state index < -0.39 is 0 Å². The molecule has 1 aromatic rings. The second kappa shape index (κ2) is 6.40. The molecule has 1 amide bonds. The van der Waals surface area contributed by atoms with Crippen LogP contribution in [-0.4, -0.2) is 23.2 Å². The van der Waals surface area contributed by atoms with E-state index in [0.29, 0.717) is 12.8 Å². The van der Waals surface area contributed by atoms with Crippen LogP contribution in [-0.2, 0) is 11.2 Å². The van der Waals surface area contributed by atoms with Gasteiger partial charge in [-0.15, -0.1) is 0 Å². The normalized spacial score (nSPS) is 11.2. The third kappa shape index (κ3) is 5.50. The molecule has 0 spiro atoms. The summed E-state index contributed by atoms with van der Waals surface area (Å²) in [5.74, 6) is 0.0345. The topological polar surface area (TPSA) is 49.3 Å². The monoisotopic (exact) mass is 235 g/mol. The first-order chi connectivity index (χ1) is 8.03. The maximum absolute atomic E-state index is 11.7. The number of carbonyl (C=O) groups is 1. The summed E-state index contributed by atoms with van der Waals surface area (Å²) in [6.45, 7) is 3.93. The van der Waals surface area contributed by atoms with Crippen molar-refractivity contribution >= 4 is 5.91 Å². The molecule has 0 radical (unpaired) electrons. The molecule has 17 heavy (non-hydrogen) atoms. The first-order valence-corrected chi connectivity index (χ1v) is 5.99. The van der Waals surface area contributed by atoms with Crippen LogP contribution in [0.3, 0.4) is 0 Å². The Bertz CT molecular complexity index is 346. The van der Waals surface area contributed by atoms with E-state index in [4.69, 9.17) is 5.11 Å². The molecule has 2 N–H and O–H groups in total. The summed E-state index contributed by atoms with van der Waals surface area (Å²) in [4.78, 5) is 11.7. The van der Waals surface area contributed by atoms with Crippen molar-refractivity contribution in [1.29, 1.82) is 0 Å². The summed E-state index contributed by atoms with van der Waals surface area (Å²) in [7, 11) is 0. The molecule has 3 heteroatoms. The number of benzene rings is 1. The minimum absolute atomic E-state index is 0.0345. The van der Waals surface area contributed by atoms with Crippen molar-refractivity contribution in [3.05, 3.63) is 35.9 Å². The highest BCUT2D eigenvalue weighted by atomic mass is 16.3. The smallest absolute Gasteiger partial charge is 0.220 e. The van der Waals surface area contributed by atoms with Gasteiger partial charge in [-0.05, 0) is 32.3 Å². The average Bonchev–Trinajstić information content (AvgIpc) is 2.27. The Hall–Kier alpha value is -1.35. The standard InChI is InChI=1S/C14H21NO2/c1-14(2,10-11-16)15-13(17)9-8-12-6-4-3-5-7-12/h3-7,16H,8-11H2,1-2H3,(H,15,17). The zero-order chi connectivity index (χ0) is 12.7. The lowest BCUT2D eigenvalue weighted by Crippen LogP contribution is -2.44. The summed E-state index contributed by atoms with van der Waals surface area (Å²) in [6.07, 6.45) is 1.81. The molecule has 1 rings (SSSR count). The van der Waals surface area contributed by atoms with Gasteiger partial charge in [0.15, 0.2) is 0 Å². The first-order valence-electron chi connectivity index (χ1n) is 5.99. The number of carbonyl (C=O) groups excluding carboxylic acids is 1. The van der Waals surface area contributed by atoms with Gasteiger partial charge in [0, 0.05) is 18.6 Å². The van der Waals surface area contributed by atoms with Crippen LogP contribution in [0.25, 0.3) is 0 Å². The Morgan fingerprint density at radius 2 is 1.94 bits per heavy atom. The van der Waals surface area contributed by atoms with Crippen LogP contribution in [0, 0.1) is 0 Å². The molecule has 0 unspecified atom stereocenters. The number of amides is 1. The van der Waals surface area contributed by atoms with E-state index in [2.05, 4.69) is 5.32 Å². The van der Waals surface area contributed by atoms with E-state index in [0.717, 1.165) is 6.42 Å². The highest BCUT2D eigenvalue weighted by molar-refractivity contribution is 5.76. The molecule has 0 fully saturated rings. The third-order valence-corrected chi connectivity index (χ3v) is 2.70. The minimum atomic E-state index is -0.331. The fraction of sp³-hybridized carbons (Fsp3) is 0.500. The van der Waals surface area contributed by atoms with Crippen LogP contribution in [0.4, 0.5) is 0 Å². The first kappa shape index (κ1) is 13.7. The van der Waals surface area contributed by atoms with E-state index >= 15 is 0 Å². The van der Waals surface area contributed by atoms with Gasteiger partial charge in [0.25, 0.3) is 0 Å². The third-order valence-electron chi connectivity index (χ3n) is 2.70. The Balaban J connectivity index is 2.35. The molecular weight excluding hydrogens is 214 g/mol. The summed E-state index contributed by atoms with van der Waals surface area (Å²) in [5.41, 5.74) is 0.838. The lowest BCUT2D eigenvalue weighted by atomic mass is 10.0. The number of aliphatic hydroxyl groups excluding tert-OH is 1. The van der Waals surface area contributed by atoms with Gasteiger partial charge in [-0.2, -0.15) is 0 Å². The van der Waals surface area contributed by atoms with Crippen LogP contribution >= 0.6 is 0 Å². The highest BCUT2D eigenvalue weighted by Gasteiger charge is 2.19. The Kier molecular flexibility index (Phi) is 5.16. The molecule has 0 aliphatic carbocycles. The van der Waals surface area contributed by atoms with Crippen molar-refractivity contribution in [2.75, 3.05) is 6.61 Å². The van der Waals surface area contributed by atoms with Gasteiger partial charge in [0.1, 0.15) is 0 Å². The van der Waals surface area contributed by atoms with Crippen LogP contribution < -0.4 is 5.32 Å². The van der Waals surface area contributed by atoms with Crippen molar-refractivity contribution < 1.29 is 9.90 Å². The molecule has 0 aliphatic heterocycles. The van der Waals surface area contributed by atoms with Crippen LogP contribution in [0.5, 0.6) is 0 Å². The van der Waals surface area contributed by atoms with Crippen molar-refractivity contribution in [3.8, 4) is 0 Å². The zero-order valence-corrected chi connectivity index (χ0v) is 10.6.